The van der Waals surface area contributed by atoms with E-state index in [0.717, 1.165) is 4.90 Å². The van der Waals surface area contributed by atoms with E-state index in [2.05, 4.69) is 5.16 Å². The molecule has 2 unspecified atom stereocenters. The minimum absolute atomic E-state index is 0.118. The van der Waals surface area contributed by atoms with E-state index in [1.165, 1.54) is 32.4 Å². The Morgan fingerprint density at radius 3 is 2.47 bits per heavy atom. The first kappa shape index (κ1) is 19.4. The smallest absolute Gasteiger partial charge is 0.278 e. The summed E-state index contributed by atoms with van der Waals surface area (Å²) in [5.74, 6) is -1.21. The predicted octanol–water partition coefficient (Wildman–Crippen LogP) is 2.21. The summed E-state index contributed by atoms with van der Waals surface area (Å²) in [6.07, 6.45) is -1.12. The molecule has 0 bridgehead atoms. The number of nitrogens with zero attached hydrogens (tertiary/aromatic N) is 3. The molecular formula is C20H17N3O7. The summed E-state index contributed by atoms with van der Waals surface area (Å²) in [6.45, 7) is 1.58. The molecule has 154 valence electrons. The molecule has 2 aromatic carbocycles. The fraction of sp³-hybridized carbons (Fsp3) is 0.250. The van der Waals surface area contributed by atoms with Crippen molar-refractivity contribution in [3.05, 3.63) is 57.6 Å². The van der Waals surface area contributed by atoms with E-state index in [4.69, 9.17) is 14.3 Å². The minimum atomic E-state index is -1.12. The highest BCUT2D eigenvalue weighted by Gasteiger charge is 2.56. The highest BCUT2D eigenvalue weighted by molar-refractivity contribution is 6.32. The summed E-state index contributed by atoms with van der Waals surface area (Å²) < 4.78 is 10.5. The molecule has 0 aromatic heterocycles. The molecular weight excluding hydrogens is 394 g/mol. The zero-order chi connectivity index (χ0) is 21.6. The number of carbonyl (C=O) groups is 2. The Morgan fingerprint density at radius 1 is 1.07 bits per heavy atom. The number of benzene rings is 2. The monoisotopic (exact) mass is 411 g/mol. The second-order valence-electron chi connectivity index (χ2n) is 6.79. The molecule has 0 spiro atoms. The van der Waals surface area contributed by atoms with E-state index in [0.29, 0.717) is 22.6 Å². The van der Waals surface area contributed by atoms with Gasteiger partial charge in [-0.15, -0.1) is 0 Å². The van der Waals surface area contributed by atoms with Crippen LogP contribution in [0.15, 0.2) is 41.6 Å². The van der Waals surface area contributed by atoms with E-state index in [-0.39, 0.29) is 17.1 Å². The molecule has 0 N–H and O–H groups in total. The van der Waals surface area contributed by atoms with Crippen molar-refractivity contribution in [2.45, 2.75) is 13.0 Å². The van der Waals surface area contributed by atoms with E-state index in [1.54, 1.807) is 25.1 Å². The first-order valence-corrected chi connectivity index (χ1v) is 8.96. The van der Waals surface area contributed by atoms with Gasteiger partial charge in [-0.1, -0.05) is 11.2 Å². The van der Waals surface area contributed by atoms with Gasteiger partial charge < -0.3 is 14.3 Å². The number of oxime groups is 1. The Morgan fingerprint density at radius 2 is 1.80 bits per heavy atom. The standard InChI is InChI=1S/C20H17N3O7/c1-10-4-6-12(9-13(10)23(26)27)22-19(24)16-17(21-30-18(16)20(22)25)11-5-7-14(28-2)15(8-11)29-3/h4-9,16,18H,1-3H3. The summed E-state index contributed by atoms with van der Waals surface area (Å²) in [5.41, 5.74) is 1.18. The maximum Gasteiger partial charge on any atom is 0.278 e. The molecule has 10 heteroatoms. The number of carbonyl (C=O) groups excluding carboxylic acids is 2. The second-order valence-corrected chi connectivity index (χ2v) is 6.79. The minimum Gasteiger partial charge on any atom is -0.493 e. The van der Waals surface area contributed by atoms with Gasteiger partial charge in [0.2, 0.25) is 12.0 Å². The first-order chi connectivity index (χ1) is 14.4. The van der Waals surface area contributed by atoms with Gasteiger partial charge in [-0.25, -0.2) is 4.90 Å². The fourth-order valence-corrected chi connectivity index (χ4v) is 3.60. The molecule has 2 amide bonds. The zero-order valence-corrected chi connectivity index (χ0v) is 16.3. The number of imide groups is 1. The fourth-order valence-electron chi connectivity index (χ4n) is 3.60. The third-order valence-corrected chi connectivity index (χ3v) is 5.14. The van der Waals surface area contributed by atoms with Crippen molar-refractivity contribution in [3.63, 3.8) is 0 Å². The number of aryl methyl sites for hydroxylation is 1. The van der Waals surface area contributed by atoms with Crippen molar-refractivity contribution in [1.29, 1.82) is 0 Å². The largest absolute Gasteiger partial charge is 0.493 e. The highest BCUT2D eigenvalue weighted by Crippen LogP contribution is 2.38. The van der Waals surface area contributed by atoms with E-state index in [1.807, 2.05) is 0 Å². The lowest BCUT2D eigenvalue weighted by atomic mass is 9.94. The number of nitro benzene ring substituents is 1. The lowest BCUT2D eigenvalue weighted by Crippen LogP contribution is -2.33. The summed E-state index contributed by atoms with van der Waals surface area (Å²) >= 11 is 0. The van der Waals surface area contributed by atoms with Gasteiger partial charge in [-0.05, 0) is 31.2 Å². The van der Waals surface area contributed by atoms with Crippen molar-refractivity contribution in [2.75, 3.05) is 19.1 Å². The second kappa shape index (κ2) is 7.14. The van der Waals surface area contributed by atoms with Gasteiger partial charge in [-0.3, -0.25) is 19.7 Å². The molecule has 0 radical (unpaired) electrons. The number of hydrogen-bond acceptors (Lipinski definition) is 8. The highest BCUT2D eigenvalue weighted by atomic mass is 16.7. The SMILES string of the molecule is COc1ccc(C2=NOC3C(=O)N(c4ccc(C)c([N+](=O)[O-])c4)C(=O)C23)cc1OC. The average Bonchev–Trinajstić information content (AvgIpc) is 3.28. The molecule has 2 aliphatic heterocycles. The van der Waals surface area contributed by atoms with Crippen LogP contribution in [-0.4, -0.2) is 42.8 Å². The lowest BCUT2D eigenvalue weighted by molar-refractivity contribution is -0.385. The van der Waals surface area contributed by atoms with Crippen LogP contribution in [0.3, 0.4) is 0 Å². The number of amides is 2. The van der Waals surface area contributed by atoms with Crippen LogP contribution >= 0.6 is 0 Å². The Balaban J connectivity index is 1.70. The van der Waals surface area contributed by atoms with Gasteiger partial charge in [0.05, 0.1) is 24.8 Å². The average molecular weight is 411 g/mol. The number of nitro groups is 1. The summed E-state index contributed by atoms with van der Waals surface area (Å²) in [6, 6.07) is 9.17. The van der Waals surface area contributed by atoms with Crippen LogP contribution in [0.1, 0.15) is 11.1 Å². The number of hydrogen-bond donors (Lipinski definition) is 0. The van der Waals surface area contributed by atoms with Crippen LogP contribution < -0.4 is 14.4 Å². The van der Waals surface area contributed by atoms with Crippen molar-refractivity contribution >= 4 is 28.9 Å². The van der Waals surface area contributed by atoms with Crippen LogP contribution in [0, 0.1) is 23.0 Å². The summed E-state index contributed by atoms with van der Waals surface area (Å²) in [5, 5.41) is 15.2. The molecule has 2 aromatic rings. The van der Waals surface area contributed by atoms with Crippen molar-refractivity contribution < 1.29 is 28.8 Å². The molecule has 0 saturated carbocycles. The third kappa shape index (κ3) is 2.84. The number of rotatable bonds is 5. The topological polar surface area (TPSA) is 121 Å². The number of fused-ring (bicyclic) bond motifs is 1. The van der Waals surface area contributed by atoms with E-state index >= 15 is 0 Å². The number of ether oxygens (including phenoxy) is 2. The predicted molar refractivity (Wildman–Crippen MR) is 105 cm³/mol. The van der Waals surface area contributed by atoms with Gasteiger partial charge in [0.15, 0.2) is 11.5 Å². The Kier molecular flexibility index (Phi) is 4.61. The van der Waals surface area contributed by atoms with Gasteiger partial charge >= 0.3 is 0 Å². The maximum atomic E-state index is 13.1. The van der Waals surface area contributed by atoms with Crippen LogP contribution in [0.2, 0.25) is 0 Å². The van der Waals surface area contributed by atoms with Gasteiger partial charge in [0.1, 0.15) is 11.6 Å². The Bertz CT molecular complexity index is 1110. The van der Waals surface area contributed by atoms with Crippen LogP contribution in [0.25, 0.3) is 0 Å². The van der Waals surface area contributed by atoms with Crippen LogP contribution in [-0.2, 0) is 14.4 Å². The van der Waals surface area contributed by atoms with Gasteiger partial charge in [0, 0.05) is 17.2 Å². The molecule has 2 atom stereocenters. The van der Waals surface area contributed by atoms with Crippen LogP contribution in [0.4, 0.5) is 11.4 Å². The Hall–Kier alpha value is -3.95. The maximum absolute atomic E-state index is 13.1. The molecule has 30 heavy (non-hydrogen) atoms. The first-order valence-electron chi connectivity index (χ1n) is 8.96. The number of anilines is 1. The number of methoxy groups -OCH3 is 2. The molecule has 1 fully saturated rings. The molecule has 0 aliphatic carbocycles. The van der Waals surface area contributed by atoms with Crippen LogP contribution in [0.5, 0.6) is 11.5 Å². The van der Waals surface area contributed by atoms with E-state index < -0.39 is 28.8 Å². The molecule has 10 nitrogen and oxygen atoms in total. The lowest BCUT2D eigenvalue weighted by Gasteiger charge is -2.16. The summed E-state index contributed by atoms with van der Waals surface area (Å²) in [7, 11) is 2.98. The summed E-state index contributed by atoms with van der Waals surface area (Å²) in [4.78, 5) is 42.9. The third-order valence-electron chi connectivity index (χ3n) is 5.14. The van der Waals surface area contributed by atoms with E-state index in [9.17, 15) is 19.7 Å². The van der Waals surface area contributed by atoms with Crippen molar-refractivity contribution in [3.8, 4) is 11.5 Å². The Labute approximate surface area is 170 Å². The zero-order valence-electron chi connectivity index (χ0n) is 16.3. The van der Waals surface area contributed by atoms with Crippen molar-refractivity contribution in [2.24, 2.45) is 11.1 Å². The normalized spacial score (nSPS) is 20.0. The van der Waals surface area contributed by atoms with Crippen molar-refractivity contribution in [1.82, 2.24) is 0 Å². The molecule has 2 aliphatic rings. The molecule has 1 saturated heterocycles. The van der Waals surface area contributed by atoms with Gasteiger partial charge in [0.25, 0.3) is 11.6 Å². The molecule has 2 heterocycles. The quantitative estimate of drug-likeness (QED) is 0.420. The van der Waals surface area contributed by atoms with Gasteiger partial charge in [-0.2, -0.15) is 0 Å². The molecule has 4 rings (SSSR count).